The molecular weight excluding hydrogens is 238 g/mol. The molecule has 106 valence electrons. The maximum Gasteiger partial charge on any atom is 0.129 e. The van der Waals surface area contributed by atoms with Crippen molar-refractivity contribution in [1.82, 2.24) is 5.32 Å². The fourth-order valence-corrected chi connectivity index (χ4v) is 4.15. The van der Waals surface area contributed by atoms with E-state index in [9.17, 15) is 0 Å². The van der Waals surface area contributed by atoms with Crippen molar-refractivity contribution >= 4 is 0 Å². The lowest BCUT2D eigenvalue weighted by atomic mass is 9.84. The molecule has 2 fully saturated rings. The third kappa shape index (κ3) is 2.72. The fourth-order valence-electron chi connectivity index (χ4n) is 4.15. The zero-order valence-electron chi connectivity index (χ0n) is 12.0. The molecule has 1 heterocycles. The standard InChI is InChI=1S/C16H25NO2/c1-17-15(16-6-5-14(19-16)10-18-2)9-13-8-11-3-4-12(13)7-11/h5-6,11-13,15,17H,3-4,7-10H2,1-2H3. The van der Waals surface area contributed by atoms with E-state index in [0.717, 1.165) is 29.3 Å². The molecule has 0 spiro atoms. The van der Waals surface area contributed by atoms with Crippen LogP contribution in [0.2, 0.25) is 0 Å². The lowest BCUT2D eigenvalue weighted by molar-refractivity contribution is 0.160. The van der Waals surface area contributed by atoms with E-state index in [-0.39, 0.29) is 0 Å². The number of rotatable bonds is 6. The third-order valence-electron chi connectivity index (χ3n) is 5.08. The summed E-state index contributed by atoms with van der Waals surface area (Å²) in [4.78, 5) is 0. The normalized spacial score (nSPS) is 30.9. The number of methoxy groups -OCH3 is 1. The molecule has 3 heteroatoms. The molecule has 1 aromatic rings. The highest BCUT2D eigenvalue weighted by atomic mass is 16.5. The number of hydrogen-bond donors (Lipinski definition) is 1. The van der Waals surface area contributed by atoms with Gasteiger partial charge in [-0.1, -0.05) is 6.42 Å². The van der Waals surface area contributed by atoms with Crippen LogP contribution in [-0.4, -0.2) is 14.2 Å². The summed E-state index contributed by atoms with van der Waals surface area (Å²) in [6.45, 7) is 0.560. The van der Waals surface area contributed by atoms with Crippen LogP contribution in [0.15, 0.2) is 16.5 Å². The van der Waals surface area contributed by atoms with Gasteiger partial charge in [0.15, 0.2) is 0 Å². The first kappa shape index (κ1) is 13.2. The molecule has 4 atom stereocenters. The van der Waals surface area contributed by atoms with Crippen LogP contribution in [0.5, 0.6) is 0 Å². The van der Waals surface area contributed by atoms with Gasteiger partial charge < -0.3 is 14.5 Å². The smallest absolute Gasteiger partial charge is 0.129 e. The molecule has 1 aromatic heterocycles. The highest BCUT2D eigenvalue weighted by molar-refractivity contribution is 5.11. The van der Waals surface area contributed by atoms with E-state index < -0.39 is 0 Å². The molecule has 3 nitrogen and oxygen atoms in total. The second-order valence-corrected chi connectivity index (χ2v) is 6.25. The predicted octanol–water partition coefficient (Wildman–Crippen LogP) is 3.51. The lowest BCUT2D eigenvalue weighted by Crippen LogP contribution is -2.22. The molecule has 1 N–H and O–H groups in total. The first-order valence-corrected chi connectivity index (χ1v) is 7.55. The number of nitrogens with one attached hydrogen (secondary N) is 1. The minimum Gasteiger partial charge on any atom is -0.462 e. The molecule has 0 aromatic carbocycles. The van der Waals surface area contributed by atoms with Gasteiger partial charge in [0.2, 0.25) is 0 Å². The van der Waals surface area contributed by atoms with Crippen LogP contribution < -0.4 is 5.32 Å². The first-order valence-electron chi connectivity index (χ1n) is 7.55. The molecule has 2 aliphatic carbocycles. The maximum absolute atomic E-state index is 5.88. The molecule has 0 saturated heterocycles. The Morgan fingerprint density at radius 3 is 2.89 bits per heavy atom. The van der Waals surface area contributed by atoms with Crippen molar-refractivity contribution in [3.05, 3.63) is 23.7 Å². The Bertz CT molecular complexity index is 415. The van der Waals surface area contributed by atoms with Gasteiger partial charge in [0.25, 0.3) is 0 Å². The fraction of sp³-hybridized carbons (Fsp3) is 0.750. The van der Waals surface area contributed by atoms with E-state index in [4.69, 9.17) is 9.15 Å². The van der Waals surface area contributed by atoms with Gasteiger partial charge in [-0.15, -0.1) is 0 Å². The summed E-state index contributed by atoms with van der Waals surface area (Å²) in [6.07, 6.45) is 7.07. The van der Waals surface area contributed by atoms with Gasteiger partial charge in [0.1, 0.15) is 18.1 Å². The van der Waals surface area contributed by atoms with Crippen LogP contribution in [0.4, 0.5) is 0 Å². The van der Waals surface area contributed by atoms with E-state index in [0.29, 0.717) is 12.6 Å². The number of furan rings is 1. The highest BCUT2D eigenvalue weighted by Crippen LogP contribution is 2.50. The van der Waals surface area contributed by atoms with Crippen LogP contribution in [0.3, 0.4) is 0 Å². The van der Waals surface area contributed by atoms with Gasteiger partial charge in [0, 0.05) is 7.11 Å². The molecule has 2 saturated carbocycles. The Kier molecular flexibility index (Phi) is 3.94. The topological polar surface area (TPSA) is 34.4 Å². The summed E-state index contributed by atoms with van der Waals surface area (Å²) in [7, 11) is 3.74. The van der Waals surface area contributed by atoms with Crippen molar-refractivity contribution in [1.29, 1.82) is 0 Å². The molecular formula is C16H25NO2. The van der Waals surface area contributed by atoms with Crippen molar-refractivity contribution in [3.63, 3.8) is 0 Å². The molecule has 3 rings (SSSR count). The van der Waals surface area contributed by atoms with E-state index in [1.807, 2.05) is 13.1 Å². The van der Waals surface area contributed by atoms with Crippen LogP contribution >= 0.6 is 0 Å². The minimum atomic E-state index is 0.356. The summed E-state index contributed by atoms with van der Waals surface area (Å²) in [6, 6.07) is 4.49. The molecule has 0 aliphatic heterocycles. The molecule has 0 amide bonds. The van der Waals surface area contributed by atoms with Crippen molar-refractivity contribution < 1.29 is 9.15 Å². The molecule has 19 heavy (non-hydrogen) atoms. The van der Waals surface area contributed by atoms with Crippen molar-refractivity contribution in [3.8, 4) is 0 Å². The van der Waals surface area contributed by atoms with Gasteiger partial charge in [0.05, 0.1) is 6.04 Å². The van der Waals surface area contributed by atoms with Gasteiger partial charge in [-0.2, -0.15) is 0 Å². The van der Waals surface area contributed by atoms with Crippen molar-refractivity contribution in [2.45, 2.75) is 44.8 Å². The molecule has 2 aliphatic rings. The Morgan fingerprint density at radius 1 is 1.37 bits per heavy atom. The monoisotopic (exact) mass is 263 g/mol. The van der Waals surface area contributed by atoms with E-state index >= 15 is 0 Å². The van der Waals surface area contributed by atoms with Crippen molar-refractivity contribution in [2.75, 3.05) is 14.2 Å². The van der Waals surface area contributed by atoms with Crippen LogP contribution in [-0.2, 0) is 11.3 Å². The Labute approximate surface area is 115 Å². The number of fused-ring (bicyclic) bond motifs is 2. The zero-order valence-corrected chi connectivity index (χ0v) is 12.0. The van der Waals surface area contributed by atoms with E-state index in [1.54, 1.807) is 7.11 Å². The predicted molar refractivity (Wildman–Crippen MR) is 74.8 cm³/mol. The second-order valence-electron chi connectivity index (χ2n) is 6.25. The van der Waals surface area contributed by atoms with Gasteiger partial charge in [-0.3, -0.25) is 0 Å². The average molecular weight is 263 g/mol. The largest absolute Gasteiger partial charge is 0.462 e. The Balaban J connectivity index is 1.63. The number of ether oxygens (including phenoxy) is 1. The minimum absolute atomic E-state index is 0.356. The molecule has 4 unspecified atom stereocenters. The lowest BCUT2D eigenvalue weighted by Gasteiger charge is -2.25. The number of hydrogen-bond acceptors (Lipinski definition) is 3. The SMILES string of the molecule is CNC(CC1CC2CCC1C2)c1ccc(COC)o1. The van der Waals surface area contributed by atoms with Gasteiger partial charge in [-0.25, -0.2) is 0 Å². The zero-order chi connectivity index (χ0) is 13.2. The third-order valence-corrected chi connectivity index (χ3v) is 5.08. The second kappa shape index (κ2) is 5.68. The summed E-state index contributed by atoms with van der Waals surface area (Å²) in [5.74, 6) is 4.89. The first-order chi connectivity index (χ1) is 9.30. The Hall–Kier alpha value is -0.800. The van der Waals surface area contributed by atoms with Crippen molar-refractivity contribution in [2.24, 2.45) is 17.8 Å². The quantitative estimate of drug-likeness (QED) is 0.853. The summed E-state index contributed by atoms with van der Waals surface area (Å²) >= 11 is 0. The maximum atomic E-state index is 5.88. The highest BCUT2D eigenvalue weighted by Gasteiger charge is 2.40. The van der Waals surface area contributed by atoms with E-state index in [1.165, 1.54) is 32.1 Å². The summed E-state index contributed by atoms with van der Waals surface area (Å²) < 4.78 is 11.0. The van der Waals surface area contributed by atoms with Gasteiger partial charge in [-0.05, 0) is 62.6 Å². The summed E-state index contributed by atoms with van der Waals surface area (Å²) in [5.41, 5.74) is 0. The summed E-state index contributed by atoms with van der Waals surface area (Å²) in [5, 5.41) is 3.43. The van der Waals surface area contributed by atoms with E-state index in [2.05, 4.69) is 11.4 Å². The van der Waals surface area contributed by atoms with Crippen LogP contribution in [0.1, 0.15) is 49.7 Å². The molecule has 2 bridgehead atoms. The van der Waals surface area contributed by atoms with Crippen LogP contribution in [0, 0.1) is 17.8 Å². The van der Waals surface area contributed by atoms with Crippen LogP contribution in [0.25, 0.3) is 0 Å². The average Bonchev–Trinajstić information content (AvgIpc) is 3.12. The van der Waals surface area contributed by atoms with Gasteiger partial charge >= 0.3 is 0 Å². The molecule has 0 radical (unpaired) electrons. The Morgan fingerprint density at radius 2 is 2.26 bits per heavy atom.